The molecule has 0 saturated carbocycles. The SMILES string of the molecule is CC(C)OC(C=O)OC(C)C. The molecule has 0 aromatic carbocycles. The molecule has 11 heavy (non-hydrogen) atoms. The van der Waals surface area contributed by atoms with Crippen LogP contribution in [0, 0.1) is 0 Å². The third kappa shape index (κ3) is 6.01. The zero-order valence-corrected chi connectivity index (χ0v) is 7.53. The molecule has 0 aliphatic carbocycles. The molecule has 0 radical (unpaired) electrons. The van der Waals surface area contributed by atoms with E-state index in [0.29, 0.717) is 6.29 Å². The Bertz CT molecular complexity index is 99.9. The van der Waals surface area contributed by atoms with E-state index in [0.717, 1.165) is 0 Å². The Kier molecular flexibility index (Phi) is 5.07. The highest BCUT2D eigenvalue weighted by Gasteiger charge is 2.10. The summed E-state index contributed by atoms with van der Waals surface area (Å²) in [5.74, 6) is 0. The van der Waals surface area contributed by atoms with E-state index >= 15 is 0 Å². The second-order valence-corrected chi connectivity index (χ2v) is 2.87. The van der Waals surface area contributed by atoms with Crippen molar-refractivity contribution in [2.45, 2.75) is 46.2 Å². The van der Waals surface area contributed by atoms with E-state index in [9.17, 15) is 4.79 Å². The number of aldehydes is 1. The van der Waals surface area contributed by atoms with Crippen molar-refractivity contribution in [3.8, 4) is 0 Å². The van der Waals surface area contributed by atoms with Gasteiger partial charge in [0.2, 0.25) is 6.29 Å². The van der Waals surface area contributed by atoms with Gasteiger partial charge in [-0.1, -0.05) is 0 Å². The van der Waals surface area contributed by atoms with Crippen molar-refractivity contribution in [2.75, 3.05) is 0 Å². The van der Waals surface area contributed by atoms with E-state index in [1.165, 1.54) is 0 Å². The van der Waals surface area contributed by atoms with Gasteiger partial charge >= 0.3 is 0 Å². The second-order valence-electron chi connectivity index (χ2n) is 2.87. The molecule has 0 fully saturated rings. The topological polar surface area (TPSA) is 35.5 Å². The van der Waals surface area contributed by atoms with Gasteiger partial charge < -0.3 is 9.47 Å². The van der Waals surface area contributed by atoms with Gasteiger partial charge in [-0.3, -0.25) is 4.79 Å². The van der Waals surface area contributed by atoms with Crippen LogP contribution in [0.5, 0.6) is 0 Å². The first-order valence-electron chi connectivity index (χ1n) is 3.82. The zero-order valence-electron chi connectivity index (χ0n) is 7.53. The largest absolute Gasteiger partial charge is 0.343 e. The maximum Gasteiger partial charge on any atom is 0.215 e. The lowest BCUT2D eigenvalue weighted by atomic mass is 10.4. The third-order valence-corrected chi connectivity index (χ3v) is 0.924. The molecule has 0 spiro atoms. The second kappa shape index (κ2) is 5.27. The average Bonchev–Trinajstić information content (AvgIpc) is 1.84. The van der Waals surface area contributed by atoms with E-state index in [2.05, 4.69) is 0 Å². The van der Waals surface area contributed by atoms with Crippen molar-refractivity contribution in [3.05, 3.63) is 0 Å². The fourth-order valence-corrected chi connectivity index (χ4v) is 0.633. The maximum atomic E-state index is 10.3. The maximum absolute atomic E-state index is 10.3. The number of rotatable bonds is 5. The van der Waals surface area contributed by atoms with Crippen LogP contribution in [0.15, 0.2) is 0 Å². The van der Waals surface area contributed by atoms with Crippen molar-refractivity contribution in [3.63, 3.8) is 0 Å². The van der Waals surface area contributed by atoms with Gasteiger partial charge in [-0.25, -0.2) is 0 Å². The molecular formula is C8H16O3. The molecule has 0 aromatic rings. The van der Waals surface area contributed by atoms with Crippen molar-refractivity contribution in [1.82, 2.24) is 0 Å². The van der Waals surface area contributed by atoms with Gasteiger partial charge in [0.05, 0.1) is 12.2 Å². The Morgan fingerprint density at radius 2 is 1.36 bits per heavy atom. The van der Waals surface area contributed by atoms with E-state index < -0.39 is 6.29 Å². The lowest BCUT2D eigenvalue weighted by Crippen LogP contribution is -2.25. The minimum absolute atomic E-state index is 0.0175. The molecule has 3 nitrogen and oxygen atoms in total. The number of hydrogen-bond acceptors (Lipinski definition) is 3. The standard InChI is InChI=1S/C8H16O3/c1-6(2)10-8(5-9)11-7(3)4/h5-8H,1-4H3. The van der Waals surface area contributed by atoms with Crippen LogP contribution in [0.4, 0.5) is 0 Å². The van der Waals surface area contributed by atoms with Gasteiger partial charge in [-0.2, -0.15) is 0 Å². The quantitative estimate of drug-likeness (QED) is 0.450. The zero-order chi connectivity index (χ0) is 8.85. The molecule has 0 rings (SSSR count). The minimum Gasteiger partial charge on any atom is -0.343 e. The van der Waals surface area contributed by atoms with Gasteiger partial charge in [0.15, 0.2) is 6.29 Å². The Hall–Kier alpha value is -0.410. The highest BCUT2D eigenvalue weighted by Crippen LogP contribution is 2.00. The van der Waals surface area contributed by atoms with Gasteiger partial charge in [-0.05, 0) is 27.7 Å². The Morgan fingerprint density at radius 1 is 1.00 bits per heavy atom. The lowest BCUT2D eigenvalue weighted by molar-refractivity contribution is -0.179. The van der Waals surface area contributed by atoms with Crippen molar-refractivity contribution in [1.29, 1.82) is 0 Å². The molecule has 3 heteroatoms. The molecule has 0 unspecified atom stereocenters. The summed E-state index contributed by atoms with van der Waals surface area (Å²) in [5, 5.41) is 0. The molecule has 0 aliphatic rings. The smallest absolute Gasteiger partial charge is 0.215 e. The van der Waals surface area contributed by atoms with Crippen molar-refractivity contribution in [2.24, 2.45) is 0 Å². The van der Waals surface area contributed by atoms with Crippen LogP contribution in [0.2, 0.25) is 0 Å². The first kappa shape index (κ1) is 10.6. The van der Waals surface area contributed by atoms with Crippen LogP contribution < -0.4 is 0 Å². The minimum atomic E-state index is -0.713. The first-order valence-corrected chi connectivity index (χ1v) is 3.82. The van der Waals surface area contributed by atoms with Crippen molar-refractivity contribution < 1.29 is 14.3 Å². The fourth-order valence-electron chi connectivity index (χ4n) is 0.633. The molecule has 0 atom stereocenters. The lowest BCUT2D eigenvalue weighted by Gasteiger charge is -2.17. The highest BCUT2D eigenvalue weighted by molar-refractivity contribution is 5.53. The summed E-state index contributed by atoms with van der Waals surface area (Å²) in [6.07, 6.45) is -0.0112. The van der Waals surface area contributed by atoms with E-state index in [1.807, 2.05) is 27.7 Å². The summed E-state index contributed by atoms with van der Waals surface area (Å²) in [7, 11) is 0. The molecule has 0 bridgehead atoms. The predicted octanol–water partition coefficient (Wildman–Crippen LogP) is 1.36. The molecule has 0 N–H and O–H groups in total. The Morgan fingerprint density at radius 3 is 1.55 bits per heavy atom. The van der Waals surface area contributed by atoms with E-state index in [-0.39, 0.29) is 12.2 Å². The van der Waals surface area contributed by atoms with Crippen LogP contribution in [-0.2, 0) is 14.3 Å². The van der Waals surface area contributed by atoms with Gasteiger partial charge in [-0.15, -0.1) is 0 Å². The van der Waals surface area contributed by atoms with Crippen LogP contribution in [0.3, 0.4) is 0 Å². The predicted molar refractivity (Wildman–Crippen MR) is 42.3 cm³/mol. The van der Waals surface area contributed by atoms with Crippen LogP contribution in [0.1, 0.15) is 27.7 Å². The monoisotopic (exact) mass is 160 g/mol. The van der Waals surface area contributed by atoms with E-state index in [4.69, 9.17) is 9.47 Å². The molecule has 0 aromatic heterocycles. The molecular weight excluding hydrogens is 144 g/mol. The fraction of sp³-hybridized carbons (Fsp3) is 0.875. The van der Waals surface area contributed by atoms with Gasteiger partial charge in [0, 0.05) is 0 Å². The summed E-state index contributed by atoms with van der Waals surface area (Å²) >= 11 is 0. The summed E-state index contributed by atoms with van der Waals surface area (Å²) in [6, 6.07) is 0. The van der Waals surface area contributed by atoms with Gasteiger partial charge in [0.1, 0.15) is 0 Å². The molecule has 0 aliphatic heterocycles. The third-order valence-electron chi connectivity index (χ3n) is 0.924. The Balaban J connectivity index is 3.67. The molecule has 0 saturated heterocycles. The van der Waals surface area contributed by atoms with Gasteiger partial charge in [0.25, 0.3) is 0 Å². The van der Waals surface area contributed by atoms with E-state index in [1.54, 1.807) is 0 Å². The summed E-state index contributed by atoms with van der Waals surface area (Å²) < 4.78 is 10.2. The summed E-state index contributed by atoms with van der Waals surface area (Å²) in [5.41, 5.74) is 0. The number of hydrogen-bond donors (Lipinski definition) is 0. The summed E-state index contributed by atoms with van der Waals surface area (Å²) in [4.78, 5) is 10.3. The molecule has 0 amide bonds. The van der Waals surface area contributed by atoms with Crippen LogP contribution in [0.25, 0.3) is 0 Å². The molecule has 66 valence electrons. The normalized spacial score (nSPS) is 11.5. The van der Waals surface area contributed by atoms with Crippen molar-refractivity contribution >= 4 is 6.29 Å². The van der Waals surface area contributed by atoms with Crippen LogP contribution in [-0.4, -0.2) is 24.8 Å². The Labute approximate surface area is 67.7 Å². The number of carbonyl (C=O) groups is 1. The number of carbonyl (C=O) groups excluding carboxylic acids is 1. The molecule has 0 heterocycles. The van der Waals surface area contributed by atoms with Crippen LogP contribution >= 0.6 is 0 Å². The highest BCUT2D eigenvalue weighted by atomic mass is 16.7. The first-order chi connectivity index (χ1) is 5.06. The summed E-state index contributed by atoms with van der Waals surface area (Å²) in [6.45, 7) is 7.45. The average molecular weight is 160 g/mol. The number of ether oxygens (including phenoxy) is 2.